The lowest BCUT2D eigenvalue weighted by Crippen LogP contribution is -2.56. The Morgan fingerprint density at radius 2 is 1.74 bits per heavy atom. The lowest BCUT2D eigenvalue weighted by molar-refractivity contribution is -0.150. The van der Waals surface area contributed by atoms with Gasteiger partial charge in [0, 0.05) is 5.56 Å². The molecule has 0 aliphatic rings. The van der Waals surface area contributed by atoms with Gasteiger partial charge in [0.25, 0.3) is 5.91 Å². The van der Waals surface area contributed by atoms with Crippen LogP contribution in [0.3, 0.4) is 0 Å². The molecular weight excluding hydrogens is 246 g/mol. The van der Waals surface area contributed by atoms with E-state index in [4.69, 9.17) is 0 Å². The summed E-state index contributed by atoms with van der Waals surface area (Å²) in [7, 11) is 0. The lowest BCUT2D eigenvalue weighted by Gasteiger charge is -2.38. The number of carbonyl (C=O) groups is 2. The molecule has 5 heteroatoms. The van der Waals surface area contributed by atoms with Crippen molar-refractivity contribution in [3.8, 4) is 5.75 Å². The Morgan fingerprint density at radius 3 is 2.21 bits per heavy atom. The molecule has 0 fully saturated rings. The third kappa shape index (κ3) is 3.05. The van der Waals surface area contributed by atoms with Crippen LogP contribution in [-0.4, -0.2) is 27.6 Å². The number of amides is 1. The van der Waals surface area contributed by atoms with Crippen LogP contribution in [0.2, 0.25) is 0 Å². The summed E-state index contributed by atoms with van der Waals surface area (Å²) in [6, 6.07) is 5.90. The number of phenolic OH excluding ortho intramolecular Hbond substituents is 1. The van der Waals surface area contributed by atoms with Gasteiger partial charge in [0.05, 0.1) is 11.0 Å². The lowest BCUT2D eigenvalue weighted by atomic mass is 9.74. The molecule has 0 aromatic heterocycles. The number of nitrogens with one attached hydrogen (secondary N) is 1. The number of phenols is 1. The second-order valence-electron chi connectivity index (χ2n) is 5.56. The smallest absolute Gasteiger partial charge is 0.311 e. The largest absolute Gasteiger partial charge is 0.508 e. The maximum Gasteiger partial charge on any atom is 0.311 e. The zero-order valence-corrected chi connectivity index (χ0v) is 11.5. The van der Waals surface area contributed by atoms with Crippen LogP contribution in [-0.2, 0) is 4.79 Å². The highest BCUT2D eigenvalue weighted by Gasteiger charge is 2.44. The maximum atomic E-state index is 12.1. The standard InChI is InChI=1S/C14H19NO4/c1-13(2,12(18)19)14(3,4)15-11(17)9-6-5-7-10(16)8-9/h5-8,16H,1-4H3,(H,15,17)(H,18,19). The van der Waals surface area contributed by atoms with Crippen LogP contribution in [0.25, 0.3) is 0 Å². The van der Waals surface area contributed by atoms with Gasteiger partial charge in [-0.15, -0.1) is 0 Å². The zero-order valence-electron chi connectivity index (χ0n) is 11.5. The van der Waals surface area contributed by atoms with E-state index in [0.717, 1.165) is 0 Å². The predicted molar refractivity (Wildman–Crippen MR) is 71.1 cm³/mol. The van der Waals surface area contributed by atoms with Crippen LogP contribution in [0.4, 0.5) is 0 Å². The summed E-state index contributed by atoms with van der Waals surface area (Å²) in [5, 5.41) is 21.2. The SMILES string of the molecule is CC(C)(NC(=O)c1cccc(O)c1)C(C)(C)C(=O)O. The number of hydrogen-bond acceptors (Lipinski definition) is 3. The average Bonchev–Trinajstić information content (AvgIpc) is 2.27. The van der Waals surface area contributed by atoms with Gasteiger partial charge < -0.3 is 15.5 Å². The van der Waals surface area contributed by atoms with Gasteiger partial charge in [-0.3, -0.25) is 9.59 Å². The first-order valence-corrected chi connectivity index (χ1v) is 5.93. The van der Waals surface area contributed by atoms with E-state index in [1.807, 2.05) is 0 Å². The first kappa shape index (κ1) is 15.0. The quantitative estimate of drug-likeness (QED) is 0.777. The highest BCUT2D eigenvalue weighted by atomic mass is 16.4. The summed E-state index contributed by atoms with van der Waals surface area (Å²) in [5.41, 5.74) is -1.78. The molecule has 0 unspecified atom stereocenters. The first-order chi connectivity index (χ1) is 8.58. The van der Waals surface area contributed by atoms with E-state index in [0.29, 0.717) is 0 Å². The topological polar surface area (TPSA) is 86.6 Å². The Hall–Kier alpha value is -2.04. The van der Waals surface area contributed by atoms with Gasteiger partial charge >= 0.3 is 5.97 Å². The minimum Gasteiger partial charge on any atom is -0.508 e. The van der Waals surface area contributed by atoms with Gasteiger partial charge in [-0.05, 0) is 45.9 Å². The molecule has 5 nitrogen and oxygen atoms in total. The van der Waals surface area contributed by atoms with Gasteiger partial charge in [0.1, 0.15) is 5.75 Å². The van der Waals surface area contributed by atoms with Crippen molar-refractivity contribution in [3.63, 3.8) is 0 Å². The van der Waals surface area contributed by atoms with E-state index in [-0.39, 0.29) is 11.3 Å². The molecular formula is C14H19NO4. The molecule has 0 spiro atoms. The van der Waals surface area contributed by atoms with Gasteiger partial charge in [-0.25, -0.2) is 0 Å². The Kier molecular flexibility index (Phi) is 3.88. The normalized spacial score (nSPS) is 12.0. The second-order valence-corrected chi connectivity index (χ2v) is 5.56. The molecule has 0 bridgehead atoms. The van der Waals surface area contributed by atoms with E-state index in [9.17, 15) is 19.8 Å². The third-order valence-corrected chi connectivity index (χ3v) is 3.63. The summed E-state index contributed by atoms with van der Waals surface area (Å²) >= 11 is 0. The third-order valence-electron chi connectivity index (χ3n) is 3.63. The molecule has 0 heterocycles. The summed E-state index contributed by atoms with van der Waals surface area (Å²) in [4.78, 5) is 23.3. The first-order valence-electron chi connectivity index (χ1n) is 5.93. The van der Waals surface area contributed by atoms with Crippen LogP contribution in [0.5, 0.6) is 5.75 Å². The predicted octanol–water partition coefficient (Wildman–Crippen LogP) is 2.01. The molecule has 0 saturated heterocycles. The molecule has 0 radical (unpaired) electrons. The number of aromatic hydroxyl groups is 1. The molecule has 1 aromatic rings. The molecule has 1 aromatic carbocycles. The number of carbonyl (C=O) groups excluding carboxylic acids is 1. The fraction of sp³-hybridized carbons (Fsp3) is 0.429. The average molecular weight is 265 g/mol. The van der Waals surface area contributed by atoms with Crippen molar-refractivity contribution in [2.75, 3.05) is 0 Å². The van der Waals surface area contributed by atoms with Crippen LogP contribution in [0.15, 0.2) is 24.3 Å². The molecule has 0 aliphatic carbocycles. The van der Waals surface area contributed by atoms with Crippen LogP contribution >= 0.6 is 0 Å². The zero-order chi connectivity index (χ0) is 14.8. The van der Waals surface area contributed by atoms with E-state index in [2.05, 4.69) is 5.32 Å². The summed E-state index contributed by atoms with van der Waals surface area (Å²) in [5.74, 6) is -1.42. The Balaban J connectivity index is 2.96. The van der Waals surface area contributed by atoms with Crippen molar-refractivity contribution in [2.24, 2.45) is 5.41 Å². The molecule has 104 valence electrons. The van der Waals surface area contributed by atoms with Crippen molar-refractivity contribution in [3.05, 3.63) is 29.8 Å². The van der Waals surface area contributed by atoms with E-state index in [1.165, 1.54) is 12.1 Å². The second kappa shape index (κ2) is 4.91. The van der Waals surface area contributed by atoms with Crippen LogP contribution < -0.4 is 5.32 Å². The monoisotopic (exact) mass is 265 g/mol. The number of hydrogen-bond donors (Lipinski definition) is 3. The van der Waals surface area contributed by atoms with Crippen molar-refractivity contribution in [1.82, 2.24) is 5.32 Å². The highest BCUT2D eigenvalue weighted by Crippen LogP contribution is 2.31. The summed E-state index contributed by atoms with van der Waals surface area (Å²) < 4.78 is 0. The van der Waals surface area contributed by atoms with Gasteiger partial charge in [-0.2, -0.15) is 0 Å². The minimum absolute atomic E-state index is 0.0112. The number of carboxylic acids is 1. The minimum atomic E-state index is -1.13. The van der Waals surface area contributed by atoms with Crippen molar-refractivity contribution in [2.45, 2.75) is 33.2 Å². The van der Waals surface area contributed by atoms with E-state index < -0.39 is 22.8 Å². The Morgan fingerprint density at radius 1 is 1.16 bits per heavy atom. The Labute approximate surface area is 112 Å². The maximum absolute atomic E-state index is 12.1. The number of carboxylic acid groups (broad SMARTS) is 1. The van der Waals surface area contributed by atoms with Gasteiger partial charge in [0.15, 0.2) is 0 Å². The Bertz CT molecular complexity index is 506. The van der Waals surface area contributed by atoms with Crippen LogP contribution in [0.1, 0.15) is 38.1 Å². The fourth-order valence-corrected chi connectivity index (χ4v) is 1.43. The summed E-state index contributed by atoms with van der Waals surface area (Å²) in [6.07, 6.45) is 0. The molecule has 19 heavy (non-hydrogen) atoms. The highest BCUT2D eigenvalue weighted by molar-refractivity contribution is 5.95. The molecule has 1 rings (SSSR count). The van der Waals surface area contributed by atoms with Crippen molar-refractivity contribution < 1.29 is 19.8 Å². The van der Waals surface area contributed by atoms with Crippen LogP contribution in [0, 0.1) is 5.41 Å². The molecule has 1 amide bonds. The molecule has 0 saturated carbocycles. The fourth-order valence-electron chi connectivity index (χ4n) is 1.43. The number of aliphatic carboxylic acids is 1. The van der Waals surface area contributed by atoms with Crippen molar-refractivity contribution >= 4 is 11.9 Å². The van der Waals surface area contributed by atoms with E-state index >= 15 is 0 Å². The molecule has 0 aliphatic heterocycles. The number of benzene rings is 1. The number of rotatable bonds is 4. The molecule has 3 N–H and O–H groups in total. The summed E-state index contributed by atoms with van der Waals surface area (Å²) in [6.45, 7) is 6.42. The van der Waals surface area contributed by atoms with Gasteiger partial charge in [0.2, 0.25) is 0 Å². The molecule has 0 atom stereocenters. The van der Waals surface area contributed by atoms with Crippen molar-refractivity contribution in [1.29, 1.82) is 0 Å². The van der Waals surface area contributed by atoms with Gasteiger partial charge in [-0.1, -0.05) is 6.07 Å². The van der Waals surface area contributed by atoms with E-state index in [1.54, 1.807) is 39.8 Å².